The predicted octanol–water partition coefficient (Wildman–Crippen LogP) is 18.8. The van der Waals surface area contributed by atoms with Gasteiger partial charge in [-0.3, -0.25) is 0 Å². The number of fused-ring (bicyclic) bond motifs is 6. The second kappa shape index (κ2) is 19.2. The van der Waals surface area contributed by atoms with Crippen LogP contribution in [-0.2, 0) is 23.7 Å². The van der Waals surface area contributed by atoms with Crippen molar-refractivity contribution in [1.29, 1.82) is 0 Å². The third-order valence-electron chi connectivity index (χ3n) is 15.5. The van der Waals surface area contributed by atoms with Crippen LogP contribution in [0.5, 0.6) is 0 Å². The van der Waals surface area contributed by atoms with E-state index in [1.807, 2.05) is 0 Å². The molecule has 0 N–H and O–H groups in total. The summed E-state index contributed by atoms with van der Waals surface area (Å²) in [5.74, 6) is 1.26. The lowest BCUT2D eigenvalue weighted by Gasteiger charge is -2.30. The SMILES string of the molecule is CCCCC(CC)Cc1cc(N(c2ccccc2)c2ccccc2)cc2c1-c1cc3c(cc1C2(C)C)-c1c(CC(CC)CCCC)cc(N(c2ccccc2)c2ccccc2)cc1C3(C)C. The maximum Gasteiger partial charge on any atom is 0.0467 e. The molecule has 0 aliphatic heterocycles. The van der Waals surface area contributed by atoms with Crippen molar-refractivity contribution < 1.29 is 0 Å². The van der Waals surface area contributed by atoms with Gasteiger partial charge in [0.15, 0.2) is 0 Å². The van der Waals surface area contributed by atoms with E-state index in [0.29, 0.717) is 11.8 Å². The fraction of sp³-hybridized carbons (Fsp3) is 0.344. The zero-order valence-corrected chi connectivity index (χ0v) is 41.1. The average molecular weight is 869 g/mol. The van der Waals surface area contributed by atoms with Crippen LogP contribution in [0.1, 0.15) is 140 Å². The standard InChI is InChI=1S/C64H72N2/c1-9-13-27-45(11-3)37-47-39-53(65(49-29-19-15-20-30-49)50-31-21-16-22-32-50)41-59-61(47)55-43-58-56(44-57(55)63(59,5)6)62-48(38-46(12-4)28-14-10-2)40-54(42-60(62)64(58,7)8)66(51-33-23-17-24-34-51)52-35-25-18-26-36-52/h15-26,29-36,39-46H,9-14,27-28,37-38H2,1-8H3. The molecule has 0 saturated heterocycles. The molecule has 2 heteroatoms. The first-order chi connectivity index (χ1) is 32.1. The zero-order chi connectivity index (χ0) is 46.0. The van der Waals surface area contributed by atoms with Crippen molar-refractivity contribution in [3.8, 4) is 22.3 Å². The number of hydrogen-bond donors (Lipinski definition) is 0. The topological polar surface area (TPSA) is 6.48 Å². The average Bonchev–Trinajstić information content (AvgIpc) is 3.71. The Kier molecular flexibility index (Phi) is 13.2. The summed E-state index contributed by atoms with van der Waals surface area (Å²) in [6, 6.07) is 59.5. The fourth-order valence-electron chi connectivity index (χ4n) is 11.6. The van der Waals surface area contributed by atoms with Gasteiger partial charge in [-0.15, -0.1) is 0 Å². The van der Waals surface area contributed by atoms with Gasteiger partial charge in [0, 0.05) is 45.0 Å². The minimum atomic E-state index is -0.202. The molecule has 0 fully saturated rings. The molecule has 0 radical (unpaired) electrons. The Morgan fingerprint density at radius 1 is 0.379 bits per heavy atom. The second-order valence-electron chi connectivity index (χ2n) is 20.5. The number of benzene rings is 7. The Balaban J connectivity index is 1.26. The van der Waals surface area contributed by atoms with Gasteiger partial charge in [0.05, 0.1) is 0 Å². The molecule has 0 bridgehead atoms. The normalized spacial score (nSPS) is 14.8. The van der Waals surface area contributed by atoms with Crippen LogP contribution in [-0.4, -0.2) is 0 Å². The molecule has 2 aliphatic carbocycles. The van der Waals surface area contributed by atoms with Crippen LogP contribution < -0.4 is 9.80 Å². The first kappa shape index (κ1) is 45.3. The number of anilines is 6. The number of para-hydroxylation sites is 4. The molecule has 2 nitrogen and oxygen atoms in total. The molecule has 2 atom stereocenters. The summed E-state index contributed by atoms with van der Waals surface area (Å²) in [6.07, 6.45) is 12.1. The van der Waals surface area contributed by atoms with E-state index in [2.05, 4.69) is 223 Å². The van der Waals surface area contributed by atoms with Gasteiger partial charge in [0.25, 0.3) is 0 Å². The van der Waals surface area contributed by atoms with Gasteiger partial charge in [0.2, 0.25) is 0 Å². The van der Waals surface area contributed by atoms with Crippen LogP contribution in [0.4, 0.5) is 34.1 Å². The summed E-state index contributed by atoms with van der Waals surface area (Å²) in [5.41, 5.74) is 21.5. The molecular weight excluding hydrogens is 797 g/mol. The van der Waals surface area contributed by atoms with Crippen LogP contribution >= 0.6 is 0 Å². The highest BCUT2D eigenvalue weighted by Crippen LogP contribution is 2.59. The molecule has 0 heterocycles. The smallest absolute Gasteiger partial charge is 0.0467 e. The Labute approximate surface area is 397 Å². The quantitative estimate of drug-likeness (QED) is 0.0848. The van der Waals surface area contributed by atoms with Crippen LogP contribution in [0.15, 0.2) is 158 Å². The molecule has 9 rings (SSSR count). The molecule has 2 unspecified atom stereocenters. The van der Waals surface area contributed by atoms with Gasteiger partial charge < -0.3 is 9.80 Å². The van der Waals surface area contributed by atoms with Crippen molar-refractivity contribution >= 4 is 34.1 Å². The van der Waals surface area contributed by atoms with Gasteiger partial charge in [-0.1, -0.05) is 180 Å². The summed E-state index contributed by atoms with van der Waals surface area (Å²) in [4.78, 5) is 4.96. The number of nitrogens with zero attached hydrogens (tertiary/aromatic N) is 2. The van der Waals surface area contributed by atoms with Crippen molar-refractivity contribution in [3.05, 3.63) is 191 Å². The van der Waals surface area contributed by atoms with E-state index in [-0.39, 0.29) is 10.8 Å². The van der Waals surface area contributed by atoms with E-state index in [0.717, 1.165) is 12.8 Å². The number of hydrogen-bond acceptors (Lipinski definition) is 2. The largest absolute Gasteiger partial charge is 0.310 e. The predicted molar refractivity (Wildman–Crippen MR) is 285 cm³/mol. The molecule has 66 heavy (non-hydrogen) atoms. The van der Waals surface area contributed by atoms with Crippen molar-refractivity contribution in [3.63, 3.8) is 0 Å². The molecule has 0 saturated carbocycles. The minimum Gasteiger partial charge on any atom is -0.310 e. The first-order valence-electron chi connectivity index (χ1n) is 25.4. The fourth-order valence-corrected chi connectivity index (χ4v) is 11.6. The van der Waals surface area contributed by atoms with E-state index in [1.54, 1.807) is 0 Å². The monoisotopic (exact) mass is 869 g/mol. The summed E-state index contributed by atoms with van der Waals surface area (Å²) < 4.78 is 0. The molecule has 0 spiro atoms. The Morgan fingerprint density at radius 3 is 0.985 bits per heavy atom. The molecule has 2 aliphatic rings. The van der Waals surface area contributed by atoms with Gasteiger partial charge in [-0.25, -0.2) is 0 Å². The van der Waals surface area contributed by atoms with Crippen molar-refractivity contribution in [2.24, 2.45) is 11.8 Å². The van der Waals surface area contributed by atoms with Crippen molar-refractivity contribution in [2.75, 3.05) is 9.80 Å². The van der Waals surface area contributed by atoms with Gasteiger partial charge in [0.1, 0.15) is 0 Å². The molecule has 0 aromatic heterocycles. The lowest BCUT2D eigenvalue weighted by Crippen LogP contribution is -2.18. The van der Waals surface area contributed by atoms with Gasteiger partial charge in [-0.2, -0.15) is 0 Å². The molecular formula is C64H72N2. The lowest BCUT2D eigenvalue weighted by molar-refractivity contribution is 0.449. The van der Waals surface area contributed by atoms with Crippen molar-refractivity contribution in [2.45, 2.75) is 130 Å². The molecule has 7 aromatic rings. The summed E-state index contributed by atoms with van der Waals surface area (Å²) in [6.45, 7) is 19.5. The Morgan fingerprint density at radius 2 is 0.697 bits per heavy atom. The number of rotatable bonds is 18. The van der Waals surface area contributed by atoms with Gasteiger partial charge >= 0.3 is 0 Å². The van der Waals surface area contributed by atoms with E-state index < -0.39 is 0 Å². The third kappa shape index (κ3) is 8.42. The summed E-state index contributed by atoms with van der Waals surface area (Å²) >= 11 is 0. The number of unbranched alkanes of at least 4 members (excludes halogenated alkanes) is 2. The summed E-state index contributed by atoms with van der Waals surface area (Å²) in [7, 11) is 0. The van der Waals surface area contributed by atoms with Crippen molar-refractivity contribution in [1.82, 2.24) is 0 Å². The minimum absolute atomic E-state index is 0.202. The highest BCUT2D eigenvalue weighted by Gasteiger charge is 2.44. The van der Waals surface area contributed by atoms with Crippen LogP contribution in [0.25, 0.3) is 22.3 Å². The zero-order valence-electron chi connectivity index (χ0n) is 41.1. The van der Waals surface area contributed by atoms with Crippen LogP contribution in [0.2, 0.25) is 0 Å². The van der Waals surface area contributed by atoms with E-state index in [9.17, 15) is 0 Å². The van der Waals surface area contributed by atoms with E-state index >= 15 is 0 Å². The summed E-state index contributed by atoms with van der Waals surface area (Å²) in [5, 5.41) is 0. The highest BCUT2D eigenvalue weighted by atomic mass is 15.1. The second-order valence-corrected chi connectivity index (χ2v) is 20.5. The van der Waals surface area contributed by atoms with Crippen LogP contribution in [0.3, 0.4) is 0 Å². The molecule has 7 aromatic carbocycles. The van der Waals surface area contributed by atoms with Gasteiger partial charge in [-0.05, 0) is 165 Å². The van der Waals surface area contributed by atoms with E-state index in [4.69, 9.17) is 0 Å². The van der Waals surface area contributed by atoms with E-state index in [1.165, 1.54) is 141 Å². The van der Waals surface area contributed by atoms with Crippen LogP contribution in [0, 0.1) is 11.8 Å². The lowest BCUT2D eigenvalue weighted by atomic mass is 9.79. The molecule has 338 valence electrons. The highest BCUT2D eigenvalue weighted by molar-refractivity contribution is 5.94. The maximum atomic E-state index is 2.67. The maximum absolute atomic E-state index is 2.67. The molecule has 0 amide bonds. The Hall–Kier alpha value is -5.86. The third-order valence-corrected chi connectivity index (χ3v) is 15.5. The first-order valence-corrected chi connectivity index (χ1v) is 25.4. The Bertz CT molecular complexity index is 2480.